The molecule has 3 rings (SSSR count). The number of nitrogens with zero attached hydrogens (tertiary/aromatic N) is 3. The van der Waals surface area contributed by atoms with E-state index in [1.54, 1.807) is 11.8 Å². The van der Waals surface area contributed by atoms with E-state index < -0.39 is 0 Å². The third-order valence-corrected chi connectivity index (χ3v) is 4.29. The van der Waals surface area contributed by atoms with Crippen LogP contribution in [0.2, 0.25) is 0 Å². The lowest BCUT2D eigenvalue weighted by molar-refractivity contribution is 0.0927. The van der Waals surface area contributed by atoms with Gasteiger partial charge in [-0.1, -0.05) is 47.5 Å². The van der Waals surface area contributed by atoms with Crippen molar-refractivity contribution in [1.82, 2.24) is 20.1 Å². The standard InChI is InChI=1S/C21H24N4O2/c1-14-5-8-17(9-6-14)20-23-19(21(26)22-11-12-27-4)24-25(20)18-10-7-15(2)13-16(18)3/h5-10,13H,11-12H2,1-4H3,(H,22,26). The Morgan fingerprint density at radius 1 is 1.07 bits per heavy atom. The highest BCUT2D eigenvalue weighted by Crippen LogP contribution is 2.24. The first kappa shape index (κ1) is 18.8. The summed E-state index contributed by atoms with van der Waals surface area (Å²) < 4.78 is 6.71. The molecule has 6 nitrogen and oxygen atoms in total. The molecule has 1 N–H and O–H groups in total. The molecule has 6 heteroatoms. The number of hydrogen-bond acceptors (Lipinski definition) is 4. The zero-order chi connectivity index (χ0) is 19.4. The number of carbonyl (C=O) groups excluding carboxylic acids is 1. The van der Waals surface area contributed by atoms with Gasteiger partial charge in [-0.25, -0.2) is 9.67 Å². The summed E-state index contributed by atoms with van der Waals surface area (Å²) in [4.78, 5) is 17.0. The van der Waals surface area contributed by atoms with Crippen LogP contribution in [0.5, 0.6) is 0 Å². The minimum atomic E-state index is -0.316. The highest BCUT2D eigenvalue weighted by Gasteiger charge is 2.19. The topological polar surface area (TPSA) is 69.0 Å². The normalized spacial score (nSPS) is 10.8. The highest BCUT2D eigenvalue weighted by atomic mass is 16.5. The molecule has 0 unspecified atom stereocenters. The quantitative estimate of drug-likeness (QED) is 0.682. The van der Waals surface area contributed by atoms with Crippen molar-refractivity contribution in [2.45, 2.75) is 20.8 Å². The monoisotopic (exact) mass is 364 g/mol. The van der Waals surface area contributed by atoms with Crippen molar-refractivity contribution >= 4 is 5.91 Å². The molecule has 0 saturated heterocycles. The van der Waals surface area contributed by atoms with Gasteiger partial charge in [-0.05, 0) is 32.4 Å². The van der Waals surface area contributed by atoms with Gasteiger partial charge in [0.05, 0.1) is 12.3 Å². The van der Waals surface area contributed by atoms with Gasteiger partial charge in [-0.15, -0.1) is 5.10 Å². The van der Waals surface area contributed by atoms with Gasteiger partial charge in [-0.3, -0.25) is 4.79 Å². The molecule has 0 aliphatic rings. The average molecular weight is 364 g/mol. The Hall–Kier alpha value is -2.99. The van der Waals surface area contributed by atoms with Crippen LogP contribution in [0.25, 0.3) is 17.1 Å². The van der Waals surface area contributed by atoms with E-state index >= 15 is 0 Å². The van der Waals surface area contributed by atoms with E-state index in [0.717, 1.165) is 22.4 Å². The Bertz CT molecular complexity index is 945. The van der Waals surface area contributed by atoms with Gasteiger partial charge in [0.1, 0.15) is 0 Å². The predicted octanol–water partition coefficient (Wildman–Crippen LogP) is 3.24. The predicted molar refractivity (Wildman–Crippen MR) is 105 cm³/mol. The summed E-state index contributed by atoms with van der Waals surface area (Å²) in [5.74, 6) is 0.462. The molecule has 3 aromatic rings. The van der Waals surface area contributed by atoms with Gasteiger partial charge < -0.3 is 10.1 Å². The summed E-state index contributed by atoms with van der Waals surface area (Å²) in [6.07, 6.45) is 0. The molecule has 1 aromatic heterocycles. The van der Waals surface area contributed by atoms with Gasteiger partial charge in [0.15, 0.2) is 5.82 Å². The first-order valence-corrected chi connectivity index (χ1v) is 8.88. The van der Waals surface area contributed by atoms with Crippen molar-refractivity contribution < 1.29 is 9.53 Å². The van der Waals surface area contributed by atoms with Crippen LogP contribution in [-0.2, 0) is 4.74 Å². The molecule has 1 amide bonds. The molecule has 0 atom stereocenters. The minimum absolute atomic E-state index is 0.140. The fourth-order valence-corrected chi connectivity index (χ4v) is 2.85. The molecule has 2 aromatic carbocycles. The van der Waals surface area contributed by atoms with E-state index in [4.69, 9.17) is 4.74 Å². The first-order chi connectivity index (χ1) is 13.0. The van der Waals surface area contributed by atoms with Crippen LogP contribution < -0.4 is 5.32 Å². The van der Waals surface area contributed by atoms with E-state index in [2.05, 4.69) is 21.5 Å². The molecule has 0 radical (unpaired) electrons. The molecule has 1 heterocycles. The number of ether oxygens (including phenoxy) is 1. The van der Waals surface area contributed by atoms with Gasteiger partial charge >= 0.3 is 0 Å². The van der Waals surface area contributed by atoms with Crippen molar-refractivity contribution in [1.29, 1.82) is 0 Å². The fourth-order valence-electron chi connectivity index (χ4n) is 2.85. The van der Waals surface area contributed by atoms with Crippen molar-refractivity contribution in [3.05, 3.63) is 65.0 Å². The second kappa shape index (κ2) is 8.14. The Morgan fingerprint density at radius 3 is 2.44 bits per heavy atom. The van der Waals surface area contributed by atoms with Crippen molar-refractivity contribution in [3.8, 4) is 17.1 Å². The van der Waals surface area contributed by atoms with E-state index in [-0.39, 0.29) is 11.7 Å². The van der Waals surface area contributed by atoms with Gasteiger partial charge in [0.2, 0.25) is 5.82 Å². The van der Waals surface area contributed by atoms with Gasteiger partial charge in [0.25, 0.3) is 5.91 Å². The van der Waals surface area contributed by atoms with Crippen LogP contribution in [0.1, 0.15) is 27.3 Å². The number of rotatable bonds is 6. The lowest BCUT2D eigenvalue weighted by atomic mass is 10.1. The maximum Gasteiger partial charge on any atom is 0.291 e. The number of amides is 1. The smallest absolute Gasteiger partial charge is 0.291 e. The zero-order valence-electron chi connectivity index (χ0n) is 16.1. The lowest BCUT2D eigenvalue weighted by Gasteiger charge is -2.10. The molecule has 0 aliphatic carbocycles. The zero-order valence-corrected chi connectivity index (χ0v) is 16.1. The van der Waals surface area contributed by atoms with Crippen LogP contribution in [0.4, 0.5) is 0 Å². The van der Waals surface area contributed by atoms with E-state index in [0.29, 0.717) is 19.0 Å². The fraction of sp³-hybridized carbons (Fsp3) is 0.286. The molecular formula is C21H24N4O2. The van der Waals surface area contributed by atoms with Crippen LogP contribution in [0.3, 0.4) is 0 Å². The van der Waals surface area contributed by atoms with Crippen molar-refractivity contribution in [3.63, 3.8) is 0 Å². The third-order valence-electron chi connectivity index (χ3n) is 4.29. The van der Waals surface area contributed by atoms with Crippen LogP contribution >= 0.6 is 0 Å². The molecule has 0 spiro atoms. The third kappa shape index (κ3) is 4.23. The first-order valence-electron chi connectivity index (χ1n) is 8.88. The molecule has 0 fully saturated rings. The number of benzene rings is 2. The second-order valence-corrected chi connectivity index (χ2v) is 6.58. The Labute approximate surface area is 159 Å². The van der Waals surface area contributed by atoms with Crippen LogP contribution in [0, 0.1) is 20.8 Å². The molecular weight excluding hydrogens is 340 g/mol. The Balaban J connectivity index is 2.06. The Kier molecular flexibility index (Phi) is 5.66. The highest BCUT2D eigenvalue weighted by molar-refractivity contribution is 5.91. The van der Waals surface area contributed by atoms with Crippen molar-refractivity contribution in [2.75, 3.05) is 20.3 Å². The van der Waals surface area contributed by atoms with Gasteiger partial charge in [0, 0.05) is 19.2 Å². The number of nitrogens with one attached hydrogen (secondary N) is 1. The summed E-state index contributed by atoms with van der Waals surface area (Å²) in [7, 11) is 1.59. The van der Waals surface area contributed by atoms with Gasteiger partial charge in [-0.2, -0.15) is 0 Å². The molecule has 140 valence electrons. The number of methoxy groups -OCH3 is 1. The summed E-state index contributed by atoms with van der Waals surface area (Å²) in [5.41, 5.74) is 5.21. The largest absolute Gasteiger partial charge is 0.383 e. The molecule has 27 heavy (non-hydrogen) atoms. The second-order valence-electron chi connectivity index (χ2n) is 6.58. The number of aryl methyl sites for hydroxylation is 3. The van der Waals surface area contributed by atoms with Crippen LogP contribution in [-0.4, -0.2) is 40.9 Å². The minimum Gasteiger partial charge on any atom is -0.383 e. The summed E-state index contributed by atoms with van der Waals surface area (Å²) in [6, 6.07) is 14.2. The number of carbonyl (C=O) groups is 1. The number of hydrogen-bond donors (Lipinski definition) is 1. The van der Waals surface area contributed by atoms with E-state index in [1.165, 1.54) is 5.56 Å². The average Bonchev–Trinajstić information content (AvgIpc) is 3.07. The van der Waals surface area contributed by atoms with E-state index in [9.17, 15) is 4.79 Å². The maximum absolute atomic E-state index is 12.4. The van der Waals surface area contributed by atoms with E-state index in [1.807, 2.05) is 57.2 Å². The summed E-state index contributed by atoms with van der Waals surface area (Å²) in [6.45, 7) is 6.96. The maximum atomic E-state index is 12.4. The lowest BCUT2D eigenvalue weighted by Crippen LogP contribution is -2.28. The van der Waals surface area contributed by atoms with Crippen LogP contribution in [0.15, 0.2) is 42.5 Å². The molecule has 0 aliphatic heterocycles. The molecule has 0 bridgehead atoms. The molecule has 0 saturated carbocycles. The van der Waals surface area contributed by atoms with Crippen molar-refractivity contribution in [2.24, 2.45) is 0 Å². The summed E-state index contributed by atoms with van der Waals surface area (Å²) in [5, 5.41) is 7.28. The number of aromatic nitrogens is 3. The SMILES string of the molecule is COCCNC(=O)c1nc(-c2ccc(C)cc2)n(-c2ccc(C)cc2C)n1. The Morgan fingerprint density at radius 2 is 1.78 bits per heavy atom. The summed E-state index contributed by atoms with van der Waals surface area (Å²) >= 11 is 0.